The number of nitrogens with one attached hydrogen (secondary N) is 3. The summed E-state index contributed by atoms with van der Waals surface area (Å²) in [5.41, 5.74) is 5.88. The minimum Gasteiger partial charge on any atom is -0.481 e. The molecule has 0 spiro atoms. The lowest BCUT2D eigenvalue weighted by Gasteiger charge is -2.30. The van der Waals surface area contributed by atoms with Crippen LogP contribution in [-0.2, 0) is 14.3 Å². The van der Waals surface area contributed by atoms with Crippen molar-refractivity contribution in [3.63, 3.8) is 0 Å². The van der Waals surface area contributed by atoms with Crippen LogP contribution in [-0.4, -0.2) is 67.6 Å². The van der Waals surface area contributed by atoms with Gasteiger partial charge in [-0.15, -0.1) is 0 Å². The van der Waals surface area contributed by atoms with Crippen LogP contribution in [0, 0.1) is 11.8 Å². The van der Waals surface area contributed by atoms with E-state index < -0.39 is 18.1 Å². The summed E-state index contributed by atoms with van der Waals surface area (Å²) in [5, 5.41) is 12.4. The predicted octanol–water partition coefficient (Wildman–Crippen LogP) is 6.54. The maximum atomic E-state index is 13.5. The van der Waals surface area contributed by atoms with E-state index in [-0.39, 0.29) is 29.7 Å². The van der Waals surface area contributed by atoms with Crippen molar-refractivity contribution >= 4 is 18.0 Å². The number of benzene rings is 2. The monoisotopic (exact) mass is 638 g/mol. The molecule has 1 saturated carbocycles. The minimum absolute atomic E-state index is 0.0779. The van der Waals surface area contributed by atoms with E-state index >= 15 is 0 Å². The molecule has 4 atom stereocenters. The number of aliphatic carboxylic acids is 1. The summed E-state index contributed by atoms with van der Waals surface area (Å²) in [5.74, 6) is 0.0577. The van der Waals surface area contributed by atoms with Crippen LogP contribution in [0.2, 0.25) is 0 Å². The van der Waals surface area contributed by atoms with Gasteiger partial charge in [0.2, 0.25) is 5.91 Å². The topological polar surface area (TPSA) is 153 Å². The third-order valence-corrected chi connectivity index (χ3v) is 9.59. The Labute approximate surface area is 274 Å². The zero-order chi connectivity index (χ0) is 33.1. The summed E-state index contributed by atoms with van der Waals surface area (Å²) in [6.45, 7) is 4.41. The SMILES string of the molecule is COC(=O)N[C@H](C(=O)N1CCC[C@H]1c1ncc(-c2ccc(-c3ccc(-c4cnc(C5CCCCC5C(=O)O)[nH]4)cc3)cc2)[nH]1)C(C)C. The number of aromatic nitrogens is 4. The molecule has 3 heterocycles. The standard InChI is InChI=1S/C36H42N6O5/c1-21(2)31(41-36(46)47-3)34(43)42-18-6-9-30(42)33-38-20-29(40-33)25-16-12-23(13-17-25)22-10-14-24(15-11-22)28-19-37-32(39-28)26-7-4-5-8-27(26)35(44)45/h10-17,19-21,26-27,30-31H,4-9,18H2,1-3H3,(H,37,39)(H,38,40)(H,41,46)(H,44,45)/t26?,27?,30-,31-/m0/s1. The van der Waals surface area contributed by atoms with Crippen molar-refractivity contribution in [2.24, 2.45) is 11.8 Å². The highest BCUT2D eigenvalue weighted by Gasteiger charge is 2.37. The predicted molar refractivity (Wildman–Crippen MR) is 177 cm³/mol. The number of carbonyl (C=O) groups excluding carboxylic acids is 2. The van der Waals surface area contributed by atoms with Crippen LogP contribution >= 0.6 is 0 Å². The van der Waals surface area contributed by atoms with Gasteiger partial charge in [0.25, 0.3) is 0 Å². The smallest absolute Gasteiger partial charge is 0.407 e. The van der Waals surface area contributed by atoms with Gasteiger partial charge >= 0.3 is 12.1 Å². The van der Waals surface area contributed by atoms with Crippen molar-refractivity contribution in [2.45, 2.75) is 70.4 Å². The first-order chi connectivity index (χ1) is 22.7. The Morgan fingerprint density at radius 3 is 1.96 bits per heavy atom. The molecule has 2 fully saturated rings. The van der Waals surface area contributed by atoms with E-state index in [1.807, 2.05) is 18.7 Å². The van der Waals surface area contributed by atoms with Gasteiger partial charge in [0.1, 0.15) is 17.7 Å². The number of carbonyl (C=O) groups is 3. The summed E-state index contributed by atoms with van der Waals surface area (Å²) < 4.78 is 4.74. The lowest BCUT2D eigenvalue weighted by molar-refractivity contribution is -0.143. The van der Waals surface area contributed by atoms with Crippen LogP contribution in [0.4, 0.5) is 4.79 Å². The quantitative estimate of drug-likeness (QED) is 0.162. The number of imidazole rings is 2. The molecule has 6 rings (SSSR count). The molecule has 2 unspecified atom stereocenters. The van der Waals surface area contributed by atoms with Crippen molar-refractivity contribution in [3.8, 4) is 33.6 Å². The number of aromatic amines is 2. The van der Waals surface area contributed by atoms with Crippen LogP contribution in [0.25, 0.3) is 33.6 Å². The molecular weight excluding hydrogens is 596 g/mol. The Bertz CT molecular complexity index is 1710. The summed E-state index contributed by atoms with van der Waals surface area (Å²) >= 11 is 0. The van der Waals surface area contributed by atoms with E-state index in [1.165, 1.54) is 7.11 Å². The Kier molecular flexibility index (Phi) is 9.42. The van der Waals surface area contributed by atoms with E-state index in [0.717, 1.165) is 77.4 Å². The fourth-order valence-corrected chi connectivity index (χ4v) is 6.96. The van der Waals surface area contributed by atoms with Gasteiger partial charge in [0.15, 0.2) is 0 Å². The fraction of sp³-hybridized carbons (Fsp3) is 0.417. The minimum atomic E-state index is -0.741. The van der Waals surface area contributed by atoms with E-state index in [1.54, 1.807) is 12.4 Å². The summed E-state index contributed by atoms with van der Waals surface area (Å²) in [6, 6.07) is 15.6. The molecule has 2 aromatic heterocycles. The molecule has 0 bridgehead atoms. The highest BCUT2D eigenvalue weighted by Crippen LogP contribution is 2.38. The number of nitrogens with zero attached hydrogens (tertiary/aromatic N) is 3. The molecule has 11 nitrogen and oxygen atoms in total. The Hall–Kier alpha value is -4.93. The van der Waals surface area contributed by atoms with Gasteiger partial charge in [-0.2, -0.15) is 0 Å². The lowest BCUT2D eigenvalue weighted by Crippen LogP contribution is -2.51. The third kappa shape index (κ3) is 6.79. The van der Waals surface area contributed by atoms with Crippen molar-refractivity contribution in [1.29, 1.82) is 0 Å². The average Bonchev–Trinajstić information content (AvgIpc) is 3.88. The fourth-order valence-electron chi connectivity index (χ4n) is 6.96. The van der Waals surface area contributed by atoms with Crippen LogP contribution in [0.5, 0.6) is 0 Å². The number of H-pyrrole nitrogens is 2. The number of hydrogen-bond donors (Lipinski definition) is 4. The number of alkyl carbamates (subject to hydrolysis) is 1. The molecule has 4 aromatic rings. The number of amides is 2. The Balaban J connectivity index is 1.12. The number of ether oxygens (including phenoxy) is 1. The average molecular weight is 639 g/mol. The van der Waals surface area contributed by atoms with E-state index in [9.17, 15) is 19.5 Å². The molecular formula is C36H42N6O5. The normalized spacial score (nSPS) is 20.3. The van der Waals surface area contributed by atoms with Gasteiger partial charge in [-0.25, -0.2) is 14.8 Å². The molecule has 4 N–H and O–H groups in total. The maximum Gasteiger partial charge on any atom is 0.407 e. The van der Waals surface area contributed by atoms with Crippen LogP contribution in [0.15, 0.2) is 60.9 Å². The summed E-state index contributed by atoms with van der Waals surface area (Å²) in [7, 11) is 1.29. The van der Waals surface area contributed by atoms with Crippen molar-refractivity contribution in [3.05, 3.63) is 72.6 Å². The first-order valence-electron chi connectivity index (χ1n) is 16.4. The van der Waals surface area contributed by atoms with E-state index in [2.05, 4.69) is 73.8 Å². The first kappa shape index (κ1) is 32.0. The molecule has 2 aromatic carbocycles. The van der Waals surface area contributed by atoms with Crippen molar-refractivity contribution in [1.82, 2.24) is 30.2 Å². The van der Waals surface area contributed by atoms with Gasteiger partial charge in [0.05, 0.1) is 42.9 Å². The zero-order valence-corrected chi connectivity index (χ0v) is 27.0. The van der Waals surface area contributed by atoms with E-state index in [0.29, 0.717) is 13.0 Å². The largest absolute Gasteiger partial charge is 0.481 e. The molecule has 1 aliphatic carbocycles. The maximum absolute atomic E-state index is 13.5. The van der Waals surface area contributed by atoms with Crippen molar-refractivity contribution in [2.75, 3.05) is 13.7 Å². The number of methoxy groups -OCH3 is 1. The first-order valence-corrected chi connectivity index (χ1v) is 16.4. The second-order valence-corrected chi connectivity index (χ2v) is 12.9. The molecule has 246 valence electrons. The number of carboxylic acids is 1. The molecule has 2 amide bonds. The van der Waals surface area contributed by atoms with Crippen LogP contribution < -0.4 is 5.32 Å². The molecule has 11 heteroatoms. The third-order valence-electron chi connectivity index (χ3n) is 9.59. The van der Waals surface area contributed by atoms with E-state index in [4.69, 9.17) is 4.74 Å². The van der Waals surface area contributed by atoms with Crippen LogP contribution in [0.3, 0.4) is 0 Å². The Morgan fingerprint density at radius 2 is 1.38 bits per heavy atom. The molecule has 1 aliphatic heterocycles. The zero-order valence-electron chi connectivity index (χ0n) is 27.0. The van der Waals surface area contributed by atoms with Crippen molar-refractivity contribution < 1.29 is 24.2 Å². The second kappa shape index (κ2) is 13.8. The van der Waals surface area contributed by atoms with Gasteiger partial charge in [-0.05, 0) is 53.9 Å². The number of carboxylic acid groups (broad SMARTS) is 1. The molecule has 0 radical (unpaired) electrons. The summed E-state index contributed by atoms with van der Waals surface area (Å²) in [6.07, 6.45) is 8.14. The van der Waals surface area contributed by atoms with Gasteiger partial charge in [-0.3, -0.25) is 9.59 Å². The number of rotatable bonds is 9. The summed E-state index contributed by atoms with van der Waals surface area (Å²) in [4.78, 5) is 55.0. The molecule has 2 aliphatic rings. The molecule has 47 heavy (non-hydrogen) atoms. The highest BCUT2D eigenvalue weighted by molar-refractivity contribution is 5.86. The number of likely N-dealkylation sites (tertiary alicyclic amines) is 1. The van der Waals surface area contributed by atoms with Gasteiger partial charge in [0, 0.05) is 12.5 Å². The lowest BCUT2D eigenvalue weighted by atomic mass is 9.79. The van der Waals surface area contributed by atoms with Gasteiger partial charge < -0.3 is 30.0 Å². The van der Waals surface area contributed by atoms with Gasteiger partial charge in [-0.1, -0.05) is 75.2 Å². The number of hydrogen-bond acceptors (Lipinski definition) is 6. The highest BCUT2D eigenvalue weighted by atomic mass is 16.5. The second-order valence-electron chi connectivity index (χ2n) is 12.9. The molecule has 1 saturated heterocycles. The van der Waals surface area contributed by atoms with Crippen LogP contribution in [0.1, 0.15) is 76.0 Å². The Morgan fingerprint density at radius 1 is 0.830 bits per heavy atom.